The van der Waals surface area contributed by atoms with Crippen molar-refractivity contribution in [3.63, 3.8) is 0 Å². The minimum atomic E-state index is -0.128. The van der Waals surface area contributed by atoms with E-state index < -0.39 is 0 Å². The first-order valence-corrected chi connectivity index (χ1v) is 6.27. The average molecular weight is 236 g/mol. The zero-order chi connectivity index (χ0) is 13.1. The smallest absolute Gasteiger partial charge is 0.306 e. The molecule has 0 aliphatic heterocycles. The highest BCUT2D eigenvalue weighted by Crippen LogP contribution is 2.06. The van der Waals surface area contributed by atoms with E-state index >= 15 is 0 Å². The van der Waals surface area contributed by atoms with Crippen molar-refractivity contribution in [1.29, 1.82) is 0 Å². The van der Waals surface area contributed by atoms with Crippen LogP contribution in [0.5, 0.6) is 0 Å². The molecule has 0 aromatic carbocycles. The largest absolute Gasteiger partial charge is 0.466 e. The molecule has 0 radical (unpaired) electrons. The molecule has 0 bridgehead atoms. The van der Waals surface area contributed by atoms with Crippen LogP contribution in [0.2, 0.25) is 0 Å². The van der Waals surface area contributed by atoms with Gasteiger partial charge in [-0.1, -0.05) is 49.8 Å². The predicted octanol–water partition coefficient (Wildman–Crippen LogP) is 4.04. The molecule has 0 amide bonds. The second-order valence-electron chi connectivity index (χ2n) is 4.09. The third-order valence-corrected chi connectivity index (χ3v) is 2.21. The lowest BCUT2D eigenvalue weighted by Crippen LogP contribution is -2.07. The zero-order valence-electron chi connectivity index (χ0n) is 11.4. The quantitative estimate of drug-likeness (QED) is 0.492. The molecule has 0 aliphatic carbocycles. The van der Waals surface area contributed by atoms with Crippen LogP contribution in [0.4, 0.5) is 0 Å². The fourth-order valence-corrected chi connectivity index (χ4v) is 1.31. The van der Waals surface area contributed by atoms with Gasteiger partial charge in [-0.15, -0.1) is 0 Å². The van der Waals surface area contributed by atoms with Gasteiger partial charge in [0.2, 0.25) is 0 Å². The van der Waals surface area contributed by atoms with Crippen LogP contribution in [0.1, 0.15) is 40.5 Å². The summed E-state index contributed by atoms with van der Waals surface area (Å²) >= 11 is 0. The fraction of sp³-hybridized carbons (Fsp3) is 0.533. The number of carbonyl (C=O) groups is 1. The number of hydrogen-bond acceptors (Lipinski definition) is 2. The highest BCUT2D eigenvalue weighted by Gasteiger charge is 2.05. The van der Waals surface area contributed by atoms with E-state index in [1.807, 2.05) is 32.1 Å². The van der Waals surface area contributed by atoms with Crippen LogP contribution in [0, 0.1) is 5.92 Å². The molecule has 0 aromatic rings. The van der Waals surface area contributed by atoms with Crippen LogP contribution < -0.4 is 0 Å². The predicted molar refractivity (Wildman–Crippen MR) is 72.7 cm³/mol. The van der Waals surface area contributed by atoms with Crippen molar-refractivity contribution >= 4 is 5.97 Å². The van der Waals surface area contributed by atoms with E-state index in [1.54, 1.807) is 0 Å². The summed E-state index contributed by atoms with van der Waals surface area (Å²) in [5.74, 6) is 0.0875. The summed E-state index contributed by atoms with van der Waals surface area (Å²) < 4.78 is 4.89. The molecular weight excluding hydrogens is 212 g/mol. The lowest BCUT2D eigenvalue weighted by Gasteiger charge is -2.04. The summed E-state index contributed by atoms with van der Waals surface area (Å²) in [6.07, 6.45) is 11.8. The molecule has 1 atom stereocenters. The Labute approximate surface area is 105 Å². The Morgan fingerprint density at radius 1 is 1.35 bits per heavy atom. The number of rotatable bonds is 7. The molecule has 2 nitrogen and oxygen atoms in total. The van der Waals surface area contributed by atoms with Crippen LogP contribution in [-0.4, -0.2) is 12.6 Å². The molecular formula is C15H24O2. The van der Waals surface area contributed by atoms with E-state index in [2.05, 4.69) is 26.0 Å². The van der Waals surface area contributed by atoms with E-state index in [0.717, 1.165) is 6.42 Å². The van der Waals surface area contributed by atoms with E-state index in [-0.39, 0.29) is 11.9 Å². The first kappa shape index (κ1) is 15.7. The number of carbonyl (C=O) groups excluding carboxylic acids is 1. The number of hydrogen-bond donors (Lipinski definition) is 0. The Morgan fingerprint density at radius 2 is 2.06 bits per heavy atom. The van der Waals surface area contributed by atoms with E-state index in [4.69, 9.17) is 4.74 Å². The minimum absolute atomic E-state index is 0.128. The molecule has 0 rings (SSSR count). The van der Waals surface area contributed by atoms with Gasteiger partial charge in [-0.05, 0) is 26.2 Å². The molecule has 0 N–H and O–H groups in total. The topological polar surface area (TPSA) is 26.3 Å². The molecule has 0 heterocycles. The Morgan fingerprint density at radius 3 is 2.65 bits per heavy atom. The highest BCUT2D eigenvalue weighted by molar-refractivity contribution is 5.69. The first-order valence-electron chi connectivity index (χ1n) is 6.27. The molecule has 0 saturated heterocycles. The summed E-state index contributed by atoms with van der Waals surface area (Å²) in [5.41, 5.74) is 1.21. The third-order valence-electron chi connectivity index (χ3n) is 2.21. The molecule has 17 heavy (non-hydrogen) atoms. The minimum Gasteiger partial charge on any atom is -0.466 e. The van der Waals surface area contributed by atoms with Crippen molar-refractivity contribution in [1.82, 2.24) is 0 Å². The van der Waals surface area contributed by atoms with Crippen molar-refractivity contribution < 1.29 is 9.53 Å². The van der Waals surface area contributed by atoms with Gasteiger partial charge in [-0.25, -0.2) is 0 Å². The maximum absolute atomic E-state index is 11.2. The van der Waals surface area contributed by atoms with Crippen LogP contribution in [0.3, 0.4) is 0 Å². The molecule has 96 valence electrons. The summed E-state index contributed by atoms with van der Waals surface area (Å²) in [6, 6.07) is 0. The maximum atomic E-state index is 11.2. The van der Waals surface area contributed by atoms with Crippen LogP contribution in [-0.2, 0) is 9.53 Å². The SMILES string of the molecule is CC/C=C/C(C)=C\C=C\[C@H](C)CC(=O)OCC. The van der Waals surface area contributed by atoms with Gasteiger partial charge < -0.3 is 4.74 Å². The van der Waals surface area contributed by atoms with Gasteiger partial charge in [0.15, 0.2) is 0 Å². The van der Waals surface area contributed by atoms with E-state index in [9.17, 15) is 4.79 Å². The summed E-state index contributed by atoms with van der Waals surface area (Å²) in [6.45, 7) is 8.46. The third kappa shape index (κ3) is 9.61. The molecule has 0 spiro atoms. The maximum Gasteiger partial charge on any atom is 0.306 e. The Hall–Kier alpha value is -1.31. The molecule has 0 fully saturated rings. The van der Waals surface area contributed by atoms with Gasteiger partial charge >= 0.3 is 5.97 Å². The van der Waals surface area contributed by atoms with E-state index in [0.29, 0.717) is 13.0 Å². The first-order chi connectivity index (χ1) is 8.10. The van der Waals surface area contributed by atoms with Gasteiger partial charge in [0.1, 0.15) is 0 Å². The summed E-state index contributed by atoms with van der Waals surface area (Å²) in [5, 5.41) is 0. The number of esters is 1. The van der Waals surface area contributed by atoms with Crippen LogP contribution in [0.25, 0.3) is 0 Å². The molecule has 0 aliphatic rings. The lowest BCUT2D eigenvalue weighted by molar-refractivity contribution is -0.143. The van der Waals surface area contributed by atoms with Gasteiger partial charge in [0, 0.05) is 0 Å². The van der Waals surface area contributed by atoms with E-state index in [1.165, 1.54) is 5.57 Å². The van der Waals surface area contributed by atoms with Gasteiger partial charge in [0.05, 0.1) is 13.0 Å². The Balaban J connectivity index is 4.06. The zero-order valence-corrected chi connectivity index (χ0v) is 11.4. The molecule has 0 saturated carbocycles. The molecule has 2 heteroatoms. The van der Waals surface area contributed by atoms with Gasteiger partial charge in [-0.3, -0.25) is 4.79 Å². The second-order valence-corrected chi connectivity index (χ2v) is 4.09. The van der Waals surface area contributed by atoms with Crippen molar-refractivity contribution in [3.8, 4) is 0 Å². The summed E-state index contributed by atoms with van der Waals surface area (Å²) in [4.78, 5) is 11.2. The van der Waals surface area contributed by atoms with Crippen LogP contribution in [0.15, 0.2) is 36.0 Å². The standard InChI is InChI=1S/C15H24O2/c1-5-7-9-13(3)10-8-11-14(4)12-15(16)17-6-2/h7-11,14H,5-6,12H2,1-4H3/b9-7+,11-8+,13-10-/t14-/m0/s1. The van der Waals surface area contributed by atoms with Crippen molar-refractivity contribution in [3.05, 3.63) is 36.0 Å². The number of ether oxygens (including phenoxy) is 1. The Bertz CT molecular complexity index is 298. The van der Waals surface area contributed by atoms with Crippen LogP contribution >= 0.6 is 0 Å². The van der Waals surface area contributed by atoms with Gasteiger partial charge in [0.25, 0.3) is 0 Å². The van der Waals surface area contributed by atoms with Crippen molar-refractivity contribution in [2.75, 3.05) is 6.61 Å². The average Bonchev–Trinajstić information content (AvgIpc) is 2.26. The second kappa shape index (κ2) is 9.88. The molecule has 0 unspecified atom stereocenters. The Kier molecular flexibility index (Phi) is 9.12. The highest BCUT2D eigenvalue weighted by atomic mass is 16.5. The van der Waals surface area contributed by atoms with Crippen molar-refractivity contribution in [2.24, 2.45) is 5.92 Å². The lowest BCUT2D eigenvalue weighted by atomic mass is 10.1. The monoisotopic (exact) mass is 236 g/mol. The van der Waals surface area contributed by atoms with Crippen molar-refractivity contribution in [2.45, 2.75) is 40.5 Å². The normalized spacial score (nSPS) is 14.5. The fourth-order valence-electron chi connectivity index (χ4n) is 1.31. The summed E-state index contributed by atoms with van der Waals surface area (Å²) in [7, 11) is 0. The molecule has 0 aromatic heterocycles. The van der Waals surface area contributed by atoms with Gasteiger partial charge in [-0.2, -0.15) is 0 Å². The number of allylic oxidation sites excluding steroid dienone is 6.